The number of carboxylic acid groups (broad SMARTS) is 1. The van der Waals surface area contributed by atoms with Gasteiger partial charge in [-0.15, -0.1) is 0 Å². The number of hydrogen-bond donors (Lipinski definition) is 1. The van der Waals surface area contributed by atoms with E-state index in [-0.39, 0.29) is 18.0 Å². The summed E-state index contributed by atoms with van der Waals surface area (Å²) in [6.45, 7) is 1.78. The Morgan fingerprint density at radius 2 is 2.00 bits per heavy atom. The molecule has 0 saturated carbocycles. The molecule has 0 fully saturated rings. The van der Waals surface area contributed by atoms with E-state index in [4.69, 9.17) is 9.84 Å². The Bertz CT molecular complexity index is 608. The summed E-state index contributed by atoms with van der Waals surface area (Å²) in [5.74, 6) is -0.771. The van der Waals surface area contributed by atoms with Gasteiger partial charge in [0, 0.05) is 5.56 Å². The minimum absolute atomic E-state index is 0.132. The van der Waals surface area contributed by atoms with Crippen molar-refractivity contribution in [3.63, 3.8) is 0 Å². The van der Waals surface area contributed by atoms with E-state index in [1.54, 1.807) is 31.2 Å². The Kier molecular flexibility index (Phi) is 3.80. The minimum Gasteiger partial charge on any atom is -0.489 e. The van der Waals surface area contributed by atoms with Crippen molar-refractivity contribution in [3.8, 4) is 5.75 Å². The lowest BCUT2D eigenvalue weighted by Gasteiger charge is -2.09. The van der Waals surface area contributed by atoms with Crippen LogP contribution in [-0.2, 0) is 6.61 Å². The van der Waals surface area contributed by atoms with Crippen LogP contribution >= 0.6 is 0 Å². The van der Waals surface area contributed by atoms with Crippen molar-refractivity contribution in [1.82, 2.24) is 0 Å². The summed E-state index contributed by atoms with van der Waals surface area (Å²) in [6.07, 6.45) is 0. The SMILES string of the molecule is Cc1cc(OCc2ccccc2C(=O)O)ccc1F. The first-order valence-electron chi connectivity index (χ1n) is 5.78. The lowest BCUT2D eigenvalue weighted by molar-refractivity contribution is 0.0694. The third kappa shape index (κ3) is 3.10. The van der Waals surface area contributed by atoms with E-state index in [9.17, 15) is 9.18 Å². The van der Waals surface area contributed by atoms with Crippen LogP contribution in [0.25, 0.3) is 0 Å². The number of rotatable bonds is 4. The maximum absolute atomic E-state index is 13.1. The van der Waals surface area contributed by atoms with Crippen LogP contribution in [0, 0.1) is 12.7 Å². The molecule has 3 nitrogen and oxygen atoms in total. The Morgan fingerprint density at radius 3 is 2.68 bits per heavy atom. The summed E-state index contributed by atoms with van der Waals surface area (Å²) in [4.78, 5) is 11.0. The number of carboxylic acids is 1. The van der Waals surface area contributed by atoms with Crippen molar-refractivity contribution in [2.45, 2.75) is 13.5 Å². The molecule has 0 aliphatic carbocycles. The Morgan fingerprint density at radius 1 is 1.26 bits per heavy atom. The highest BCUT2D eigenvalue weighted by Crippen LogP contribution is 2.18. The summed E-state index contributed by atoms with van der Waals surface area (Å²) in [6, 6.07) is 11.1. The lowest BCUT2D eigenvalue weighted by Crippen LogP contribution is -2.05. The van der Waals surface area contributed by atoms with E-state index >= 15 is 0 Å². The predicted octanol–water partition coefficient (Wildman–Crippen LogP) is 3.41. The normalized spacial score (nSPS) is 10.2. The Balaban J connectivity index is 2.14. The van der Waals surface area contributed by atoms with E-state index in [0.717, 1.165) is 0 Å². The van der Waals surface area contributed by atoms with E-state index in [2.05, 4.69) is 0 Å². The molecule has 0 unspecified atom stereocenters. The van der Waals surface area contributed by atoms with Crippen LogP contribution < -0.4 is 4.74 Å². The zero-order valence-electron chi connectivity index (χ0n) is 10.4. The quantitative estimate of drug-likeness (QED) is 0.916. The number of halogens is 1. The van der Waals surface area contributed by atoms with Gasteiger partial charge in [0.25, 0.3) is 0 Å². The van der Waals surface area contributed by atoms with Gasteiger partial charge in [-0.25, -0.2) is 9.18 Å². The molecule has 0 aromatic heterocycles. The highest BCUT2D eigenvalue weighted by Gasteiger charge is 2.09. The molecular formula is C15H13FO3. The van der Waals surface area contributed by atoms with Crippen LogP contribution in [0.2, 0.25) is 0 Å². The van der Waals surface area contributed by atoms with E-state index in [0.29, 0.717) is 16.9 Å². The van der Waals surface area contributed by atoms with E-state index < -0.39 is 5.97 Å². The van der Waals surface area contributed by atoms with Crippen LogP contribution in [0.15, 0.2) is 42.5 Å². The average Bonchev–Trinajstić information content (AvgIpc) is 2.40. The molecule has 2 aromatic carbocycles. The van der Waals surface area contributed by atoms with Crippen molar-refractivity contribution in [2.24, 2.45) is 0 Å². The van der Waals surface area contributed by atoms with E-state index in [1.165, 1.54) is 18.2 Å². The highest BCUT2D eigenvalue weighted by molar-refractivity contribution is 5.89. The molecule has 19 heavy (non-hydrogen) atoms. The fourth-order valence-electron chi connectivity index (χ4n) is 1.72. The second kappa shape index (κ2) is 5.52. The topological polar surface area (TPSA) is 46.5 Å². The zero-order valence-corrected chi connectivity index (χ0v) is 10.4. The van der Waals surface area contributed by atoms with Crippen LogP contribution in [0.4, 0.5) is 4.39 Å². The number of aromatic carboxylic acids is 1. The molecule has 0 aliphatic rings. The molecule has 2 aromatic rings. The Labute approximate surface area is 110 Å². The smallest absolute Gasteiger partial charge is 0.336 e. The van der Waals surface area contributed by atoms with Crippen molar-refractivity contribution in [2.75, 3.05) is 0 Å². The number of hydrogen-bond acceptors (Lipinski definition) is 2. The van der Waals surface area contributed by atoms with Gasteiger partial charge in [0.05, 0.1) is 5.56 Å². The Hall–Kier alpha value is -2.36. The summed E-state index contributed by atoms with van der Waals surface area (Å²) in [5, 5.41) is 9.04. The van der Waals surface area contributed by atoms with Crippen LogP contribution in [-0.4, -0.2) is 11.1 Å². The molecule has 2 rings (SSSR count). The van der Waals surface area contributed by atoms with Gasteiger partial charge >= 0.3 is 5.97 Å². The molecule has 0 heterocycles. The molecule has 0 radical (unpaired) electrons. The minimum atomic E-state index is -0.991. The number of aryl methyl sites for hydroxylation is 1. The molecule has 98 valence electrons. The van der Waals surface area contributed by atoms with E-state index in [1.807, 2.05) is 0 Å². The fourth-order valence-corrected chi connectivity index (χ4v) is 1.72. The van der Waals surface area contributed by atoms with Crippen LogP contribution in [0.1, 0.15) is 21.5 Å². The molecule has 0 atom stereocenters. The number of ether oxygens (including phenoxy) is 1. The molecule has 4 heteroatoms. The molecular weight excluding hydrogens is 247 g/mol. The monoisotopic (exact) mass is 260 g/mol. The van der Waals surface area contributed by atoms with Gasteiger partial charge in [0.1, 0.15) is 18.2 Å². The summed E-state index contributed by atoms with van der Waals surface area (Å²) >= 11 is 0. The third-order valence-electron chi connectivity index (χ3n) is 2.77. The van der Waals surface area contributed by atoms with Crippen molar-refractivity contribution in [3.05, 3.63) is 65.0 Å². The van der Waals surface area contributed by atoms with Crippen LogP contribution in [0.5, 0.6) is 5.75 Å². The van der Waals surface area contributed by atoms with Gasteiger partial charge in [0.2, 0.25) is 0 Å². The summed E-state index contributed by atoms with van der Waals surface area (Å²) < 4.78 is 18.6. The number of benzene rings is 2. The highest BCUT2D eigenvalue weighted by atomic mass is 19.1. The molecule has 0 amide bonds. The first kappa shape index (κ1) is 13.1. The lowest BCUT2D eigenvalue weighted by atomic mass is 10.1. The third-order valence-corrected chi connectivity index (χ3v) is 2.77. The van der Waals surface area contributed by atoms with Crippen molar-refractivity contribution < 1.29 is 19.0 Å². The molecule has 1 N–H and O–H groups in total. The molecule has 0 spiro atoms. The van der Waals surface area contributed by atoms with Gasteiger partial charge in [-0.2, -0.15) is 0 Å². The second-order valence-electron chi connectivity index (χ2n) is 4.16. The van der Waals surface area contributed by atoms with Gasteiger partial charge in [-0.3, -0.25) is 0 Å². The molecule has 0 aliphatic heterocycles. The zero-order chi connectivity index (χ0) is 13.8. The second-order valence-corrected chi connectivity index (χ2v) is 4.16. The summed E-state index contributed by atoms with van der Waals surface area (Å²) in [5.41, 5.74) is 1.28. The molecule has 0 bridgehead atoms. The van der Waals surface area contributed by atoms with Crippen molar-refractivity contribution in [1.29, 1.82) is 0 Å². The first-order valence-corrected chi connectivity index (χ1v) is 5.78. The standard InChI is InChI=1S/C15H13FO3/c1-10-8-12(6-7-14(10)16)19-9-11-4-2-3-5-13(11)15(17)18/h2-8H,9H2,1H3,(H,17,18). The molecule has 0 saturated heterocycles. The van der Waals surface area contributed by atoms with Gasteiger partial charge in [-0.1, -0.05) is 18.2 Å². The van der Waals surface area contributed by atoms with Gasteiger partial charge in [-0.05, 0) is 36.8 Å². The van der Waals surface area contributed by atoms with Gasteiger partial charge in [0.15, 0.2) is 0 Å². The largest absolute Gasteiger partial charge is 0.489 e. The summed E-state index contributed by atoms with van der Waals surface area (Å²) in [7, 11) is 0. The van der Waals surface area contributed by atoms with Gasteiger partial charge < -0.3 is 9.84 Å². The first-order chi connectivity index (χ1) is 9.08. The fraction of sp³-hybridized carbons (Fsp3) is 0.133. The number of carbonyl (C=O) groups is 1. The maximum atomic E-state index is 13.1. The average molecular weight is 260 g/mol. The van der Waals surface area contributed by atoms with Crippen LogP contribution in [0.3, 0.4) is 0 Å². The maximum Gasteiger partial charge on any atom is 0.336 e. The predicted molar refractivity (Wildman–Crippen MR) is 68.9 cm³/mol. The van der Waals surface area contributed by atoms with Crippen molar-refractivity contribution >= 4 is 5.97 Å².